The first-order valence-corrected chi connectivity index (χ1v) is 6.64. The molecule has 1 aromatic carbocycles. The smallest absolute Gasteiger partial charge is 0.339 e. The van der Waals surface area contributed by atoms with Crippen LogP contribution in [0.4, 0.5) is 0 Å². The molecule has 0 aliphatic heterocycles. The van der Waals surface area contributed by atoms with E-state index in [0.717, 1.165) is 10.3 Å². The summed E-state index contributed by atoms with van der Waals surface area (Å²) in [6.07, 6.45) is 1.40. The van der Waals surface area contributed by atoms with Crippen molar-refractivity contribution < 1.29 is 9.90 Å². The lowest BCUT2D eigenvalue weighted by Gasteiger charge is -1.99. The van der Waals surface area contributed by atoms with E-state index in [2.05, 4.69) is 18.1 Å². The molecule has 19 heavy (non-hydrogen) atoms. The lowest BCUT2D eigenvalue weighted by Crippen LogP contribution is -1.99. The van der Waals surface area contributed by atoms with Crippen LogP contribution in [0.3, 0.4) is 0 Å². The van der Waals surface area contributed by atoms with Crippen LogP contribution in [-0.2, 0) is 7.05 Å². The maximum Gasteiger partial charge on any atom is 0.339 e. The van der Waals surface area contributed by atoms with Crippen LogP contribution in [-0.4, -0.2) is 20.9 Å². The van der Waals surface area contributed by atoms with Gasteiger partial charge in [0, 0.05) is 11.7 Å². The van der Waals surface area contributed by atoms with Crippen molar-refractivity contribution in [2.24, 2.45) is 7.05 Å². The molecule has 4 nitrogen and oxygen atoms in total. The fourth-order valence-corrected chi connectivity index (χ4v) is 3.43. The van der Waals surface area contributed by atoms with Gasteiger partial charge in [-0.1, -0.05) is 18.2 Å². The molecular formula is C14H12N2O2S. The number of hydrogen-bond acceptors (Lipinski definition) is 3. The molecule has 0 saturated carbocycles. The average Bonchev–Trinajstić information content (AvgIpc) is 2.92. The third-order valence-electron chi connectivity index (χ3n) is 3.14. The highest BCUT2D eigenvalue weighted by molar-refractivity contribution is 7.22. The minimum absolute atomic E-state index is 0.242. The minimum atomic E-state index is -0.947. The van der Waals surface area contributed by atoms with Crippen LogP contribution in [0.25, 0.3) is 20.7 Å². The molecule has 3 rings (SSSR count). The Balaban J connectivity index is 2.28. The molecule has 0 aliphatic carbocycles. The van der Waals surface area contributed by atoms with Crippen LogP contribution in [0.1, 0.15) is 15.9 Å². The summed E-state index contributed by atoms with van der Waals surface area (Å²) in [5, 5.41) is 14.4. The van der Waals surface area contributed by atoms with Crippen LogP contribution < -0.4 is 0 Å². The van der Waals surface area contributed by atoms with Gasteiger partial charge in [-0.2, -0.15) is 5.10 Å². The van der Waals surface area contributed by atoms with Gasteiger partial charge in [0.15, 0.2) is 0 Å². The minimum Gasteiger partial charge on any atom is -0.478 e. The second-order valence-corrected chi connectivity index (χ2v) is 5.49. The van der Waals surface area contributed by atoms with Gasteiger partial charge in [-0.15, -0.1) is 11.3 Å². The standard InChI is InChI=1S/C14H12N2O2S/c1-8-4-3-5-9-6-11(19-13(8)9)12-10(14(17)18)7-15-16(12)2/h3-7H,1-2H3,(H,17,18). The summed E-state index contributed by atoms with van der Waals surface area (Å²) < 4.78 is 2.80. The van der Waals surface area contributed by atoms with Gasteiger partial charge in [0.2, 0.25) is 0 Å². The zero-order chi connectivity index (χ0) is 13.6. The molecule has 5 heteroatoms. The summed E-state index contributed by atoms with van der Waals surface area (Å²) in [7, 11) is 1.76. The number of carbonyl (C=O) groups is 1. The van der Waals surface area contributed by atoms with Crippen molar-refractivity contribution in [3.8, 4) is 10.6 Å². The van der Waals surface area contributed by atoms with E-state index in [0.29, 0.717) is 5.69 Å². The van der Waals surface area contributed by atoms with E-state index in [1.165, 1.54) is 16.5 Å². The highest BCUT2D eigenvalue weighted by Crippen LogP contribution is 2.36. The van der Waals surface area contributed by atoms with Crippen molar-refractivity contribution in [2.45, 2.75) is 6.92 Å². The number of aryl methyl sites for hydroxylation is 2. The summed E-state index contributed by atoms with van der Waals surface area (Å²) in [5.41, 5.74) is 2.10. The lowest BCUT2D eigenvalue weighted by atomic mass is 10.1. The molecule has 0 amide bonds. The molecule has 0 saturated heterocycles. The van der Waals surface area contributed by atoms with Crippen molar-refractivity contribution in [1.82, 2.24) is 9.78 Å². The summed E-state index contributed by atoms with van der Waals surface area (Å²) in [6, 6.07) is 8.13. The van der Waals surface area contributed by atoms with Crippen molar-refractivity contribution >= 4 is 27.4 Å². The first kappa shape index (κ1) is 11.9. The molecule has 96 valence electrons. The number of rotatable bonds is 2. The van der Waals surface area contributed by atoms with Gasteiger partial charge in [-0.05, 0) is 23.9 Å². The number of benzene rings is 1. The van der Waals surface area contributed by atoms with Crippen LogP contribution in [0.15, 0.2) is 30.5 Å². The fraction of sp³-hybridized carbons (Fsp3) is 0.143. The van der Waals surface area contributed by atoms with E-state index in [9.17, 15) is 9.90 Å². The van der Waals surface area contributed by atoms with E-state index in [1.54, 1.807) is 23.1 Å². The Morgan fingerprint density at radius 1 is 1.42 bits per heavy atom. The summed E-state index contributed by atoms with van der Waals surface area (Å²) >= 11 is 1.60. The number of thiophene rings is 1. The Labute approximate surface area is 113 Å². The molecular weight excluding hydrogens is 260 g/mol. The number of nitrogens with zero attached hydrogens (tertiary/aromatic N) is 2. The predicted octanol–water partition coefficient (Wildman–Crippen LogP) is 3.31. The van der Waals surface area contributed by atoms with Crippen LogP contribution >= 0.6 is 11.3 Å². The topological polar surface area (TPSA) is 55.1 Å². The fourth-order valence-electron chi connectivity index (χ4n) is 2.21. The maximum absolute atomic E-state index is 11.2. The second kappa shape index (κ2) is 4.20. The molecule has 0 atom stereocenters. The number of fused-ring (bicyclic) bond motifs is 1. The van der Waals surface area contributed by atoms with Crippen molar-refractivity contribution in [3.63, 3.8) is 0 Å². The number of aromatic nitrogens is 2. The van der Waals surface area contributed by atoms with Gasteiger partial charge in [-0.3, -0.25) is 4.68 Å². The third kappa shape index (κ3) is 1.82. The summed E-state index contributed by atoms with van der Waals surface area (Å²) in [5.74, 6) is -0.947. The SMILES string of the molecule is Cc1cccc2cc(-c3c(C(=O)O)cnn3C)sc12. The predicted molar refractivity (Wildman–Crippen MR) is 75.7 cm³/mol. The molecule has 1 N–H and O–H groups in total. The van der Waals surface area contributed by atoms with Gasteiger partial charge in [0.1, 0.15) is 5.56 Å². The van der Waals surface area contributed by atoms with E-state index < -0.39 is 5.97 Å². The molecule has 2 heterocycles. The van der Waals surface area contributed by atoms with E-state index in [-0.39, 0.29) is 5.56 Å². The Morgan fingerprint density at radius 3 is 2.89 bits per heavy atom. The normalized spacial score (nSPS) is 11.1. The van der Waals surface area contributed by atoms with Crippen LogP contribution in [0, 0.1) is 6.92 Å². The Morgan fingerprint density at radius 2 is 2.21 bits per heavy atom. The zero-order valence-corrected chi connectivity index (χ0v) is 11.4. The van der Waals surface area contributed by atoms with Crippen molar-refractivity contribution in [2.75, 3.05) is 0 Å². The molecule has 0 radical (unpaired) electrons. The van der Waals surface area contributed by atoms with Gasteiger partial charge < -0.3 is 5.11 Å². The number of hydrogen-bond donors (Lipinski definition) is 1. The first-order valence-electron chi connectivity index (χ1n) is 5.83. The molecule has 0 aliphatic rings. The van der Waals surface area contributed by atoms with Gasteiger partial charge in [0.05, 0.1) is 16.8 Å². The molecule has 3 aromatic rings. The molecule has 0 spiro atoms. The number of aromatic carboxylic acids is 1. The summed E-state index contributed by atoms with van der Waals surface area (Å²) in [4.78, 5) is 12.2. The maximum atomic E-state index is 11.2. The van der Waals surface area contributed by atoms with Gasteiger partial charge >= 0.3 is 5.97 Å². The monoisotopic (exact) mass is 272 g/mol. The Hall–Kier alpha value is -2.14. The van der Waals surface area contributed by atoms with Gasteiger partial charge in [0.25, 0.3) is 0 Å². The van der Waals surface area contributed by atoms with E-state index in [1.807, 2.05) is 18.2 Å². The third-order valence-corrected chi connectivity index (χ3v) is 4.44. The van der Waals surface area contributed by atoms with Crippen LogP contribution in [0.5, 0.6) is 0 Å². The number of carboxylic acids is 1. The van der Waals surface area contributed by atoms with Crippen molar-refractivity contribution in [3.05, 3.63) is 41.6 Å². The van der Waals surface area contributed by atoms with E-state index in [4.69, 9.17) is 0 Å². The molecule has 0 fully saturated rings. The number of carboxylic acid groups (broad SMARTS) is 1. The Kier molecular flexibility index (Phi) is 2.64. The van der Waals surface area contributed by atoms with E-state index >= 15 is 0 Å². The lowest BCUT2D eigenvalue weighted by molar-refractivity contribution is 0.0697. The highest BCUT2D eigenvalue weighted by atomic mass is 32.1. The highest BCUT2D eigenvalue weighted by Gasteiger charge is 2.18. The average molecular weight is 272 g/mol. The Bertz CT molecular complexity index is 786. The second-order valence-electron chi connectivity index (χ2n) is 4.44. The first-order chi connectivity index (χ1) is 9.08. The largest absolute Gasteiger partial charge is 0.478 e. The molecule has 2 aromatic heterocycles. The summed E-state index contributed by atoms with van der Waals surface area (Å²) in [6.45, 7) is 2.06. The van der Waals surface area contributed by atoms with Crippen molar-refractivity contribution in [1.29, 1.82) is 0 Å². The molecule has 0 bridgehead atoms. The van der Waals surface area contributed by atoms with Crippen LogP contribution in [0.2, 0.25) is 0 Å². The molecule has 0 unspecified atom stereocenters. The van der Waals surface area contributed by atoms with Gasteiger partial charge in [-0.25, -0.2) is 4.79 Å². The zero-order valence-electron chi connectivity index (χ0n) is 10.5. The quantitative estimate of drug-likeness (QED) is 0.778.